The number of carbonyl (C=O) groups excluding carboxylic acids is 9. The summed E-state index contributed by atoms with van der Waals surface area (Å²) < 4.78 is 0. The lowest BCUT2D eigenvalue weighted by Crippen LogP contribution is -2.61. The number of nitrogens with one attached hydrogen (secondary N) is 8. The highest BCUT2D eigenvalue weighted by molar-refractivity contribution is 7.98. The van der Waals surface area contributed by atoms with Crippen LogP contribution in [0.2, 0.25) is 0 Å². The number of nitrogens with zero attached hydrogens (tertiary/aromatic N) is 2. The SMILES string of the molecule is CC[C@H](C)[C@H](NC(=O)[C@@H](N)CCCN=C(N)N)C(=O)N[C@@H](CC(C)C)C(=O)N[C@@H](CC(C)C)C(=O)N[C@@H](CCCCN)C(=O)N[C@@H](CCCCN)C(=O)N[C@@H](CCSC)C(=O)N1CCC[C@H]1C(=O)N[C@@H](CO)C(=O)N[C@H](C(=O)O)C(C)C. The fourth-order valence-corrected chi connectivity index (χ4v) is 9.59. The Morgan fingerprint density at radius 1 is 0.598 bits per heavy atom. The molecule has 0 spiro atoms. The standard InChI is InChI=1S/C54H101N15O12S/c1-10-33(8)43(68-44(71)34(57)17-15-24-60-54(58)59)51(78)65-39(28-31(4)5)48(75)64-38(27-30(2)3)47(74)62-35(18-11-13-22-55)45(72)61-36(19-12-14-23-56)46(73)63-37(21-26-82-9)52(79)69-25-16-20-41(69)50(77)66-40(29-70)49(76)67-42(32(6)7)53(80)81/h30-43,70H,10-29,55-57H2,1-9H3,(H,61,72)(H,62,74)(H,63,73)(H,64,75)(H,65,78)(H,66,77)(H,67,76)(H,68,71)(H,80,81)(H4,58,59,60)/t33-,34-,35-,36-,37-,38-,39-,40-,41-,42-,43-/m0/s1. The van der Waals surface area contributed by atoms with Crippen LogP contribution in [0.1, 0.15) is 145 Å². The zero-order valence-corrected chi connectivity index (χ0v) is 50.7. The average Bonchev–Trinajstić information content (AvgIpc) is 3.94. The molecule has 27 nitrogen and oxygen atoms in total. The van der Waals surface area contributed by atoms with Crippen LogP contribution in [0.15, 0.2) is 4.99 Å². The van der Waals surface area contributed by atoms with Crippen molar-refractivity contribution < 1.29 is 58.2 Å². The molecule has 0 aromatic rings. The maximum absolute atomic E-state index is 14.4. The van der Waals surface area contributed by atoms with E-state index in [4.69, 9.17) is 28.7 Å². The van der Waals surface area contributed by atoms with Crippen LogP contribution in [0.5, 0.6) is 0 Å². The summed E-state index contributed by atoms with van der Waals surface area (Å²) >= 11 is 1.41. The third-order valence-corrected chi connectivity index (χ3v) is 14.7. The lowest BCUT2D eigenvalue weighted by Gasteiger charge is -2.31. The summed E-state index contributed by atoms with van der Waals surface area (Å²) in [5.74, 6) is -8.42. The second-order valence-electron chi connectivity index (χ2n) is 22.3. The van der Waals surface area contributed by atoms with Crippen molar-refractivity contribution >= 4 is 76.9 Å². The van der Waals surface area contributed by atoms with Crippen molar-refractivity contribution in [1.82, 2.24) is 47.4 Å². The smallest absolute Gasteiger partial charge is 0.326 e. The van der Waals surface area contributed by atoms with Crippen LogP contribution in [0, 0.1) is 23.7 Å². The predicted molar refractivity (Wildman–Crippen MR) is 315 cm³/mol. The second kappa shape index (κ2) is 39.6. The number of aliphatic hydroxyl groups excluding tert-OH is 1. The molecule has 0 radical (unpaired) electrons. The first-order valence-electron chi connectivity index (χ1n) is 28.9. The van der Waals surface area contributed by atoms with E-state index in [2.05, 4.69) is 47.5 Å². The second-order valence-corrected chi connectivity index (χ2v) is 23.3. The van der Waals surface area contributed by atoms with E-state index in [0.29, 0.717) is 50.7 Å². The van der Waals surface area contributed by atoms with Crippen molar-refractivity contribution in [3.8, 4) is 0 Å². The first kappa shape index (κ1) is 74.2. The molecule has 20 N–H and O–H groups in total. The summed E-state index contributed by atoms with van der Waals surface area (Å²) in [6.07, 6.45) is 5.88. The van der Waals surface area contributed by atoms with Gasteiger partial charge in [-0.25, -0.2) is 4.79 Å². The minimum absolute atomic E-state index is 0.0879. The number of unbranched alkanes of at least 4 members (excludes halogenated alkanes) is 2. The largest absolute Gasteiger partial charge is 0.480 e. The Balaban J connectivity index is 3.49. The summed E-state index contributed by atoms with van der Waals surface area (Å²) in [7, 11) is 0. The van der Waals surface area contributed by atoms with Crippen LogP contribution in [-0.2, 0) is 47.9 Å². The van der Waals surface area contributed by atoms with E-state index < -0.39 is 132 Å². The number of thioether (sulfide) groups is 1. The Labute approximate surface area is 488 Å². The third-order valence-electron chi connectivity index (χ3n) is 14.0. The molecule has 82 heavy (non-hydrogen) atoms. The van der Waals surface area contributed by atoms with Crippen molar-refractivity contribution in [3.05, 3.63) is 0 Å². The Morgan fingerprint density at radius 3 is 1.52 bits per heavy atom. The minimum Gasteiger partial charge on any atom is -0.480 e. The van der Waals surface area contributed by atoms with Gasteiger partial charge in [0.05, 0.1) is 12.6 Å². The van der Waals surface area contributed by atoms with E-state index in [1.165, 1.54) is 16.7 Å². The lowest BCUT2D eigenvalue weighted by molar-refractivity contribution is -0.144. The number of hydrogen-bond donors (Lipinski definition) is 15. The molecule has 9 amide bonds. The number of aliphatic imine (C=N–C) groups is 1. The highest BCUT2D eigenvalue weighted by Crippen LogP contribution is 2.21. The Kier molecular flexibility index (Phi) is 35.8. The molecule has 11 atom stereocenters. The van der Waals surface area contributed by atoms with Crippen LogP contribution >= 0.6 is 11.8 Å². The number of aliphatic hydroxyl groups is 1. The zero-order valence-electron chi connectivity index (χ0n) is 49.9. The molecule has 0 aromatic carbocycles. The molecule has 28 heteroatoms. The number of likely N-dealkylation sites (tertiary alicyclic amines) is 1. The van der Waals surface area contributed by atoms with E-state index in [9.17, 15) is 58.2 Å². The number of guanidine groups is 1. The molecule has 1 aliphatic rings. The van der Waals surface area contributed by atoms with Gasteiger partial charge in [-0.2, -0.15) is 11.8 Å². The third kappa shape index (κ3) is 27.0. The fourth-order valence-electron chi connectivity index (χ4n) is 9.12. The van der Waals surface area contributed by atoms with Gasteiger partial charge in [0.25, 0.3) is 0 Å². The molecule has 1 saturated heterocycles. The van der Waals surface area contributed by atoms with Crippen LogP contribution in [-0.4, -0.2) is 185 Å². The molecule has 0 unspecified atom stereocenters. The van der Waals surface area contributed by atoms with E-state index >= 15 is 0 Å². The molecule has 0 saturated carbocycles. The topological polar surface area (TPSA) is 453 Å². The van der Waals surface area contributed by atoms with Crippen LogP contribution in [0.3, 0.4) is 0 Å². The molecule has 1 rings (SSSR count). The molecule has 0 aliphatic carbocycles. The van der Waals surface area contributed by atoms with E-state index in [1.54, 1.807) is 20.8 Å². The Hall–Kier alpha value is -5.84. The maximum Gasteiger partial charge on any atom is 0.326 e. The van der Waals surface area contributed by atoms with E-state index in [0.717, 1.165) is 0 Å². The Morgan fingerprint density at radius 2 is 1.07 bits per heavy atom. The van der Waals surface area contributed by atoms with Crippen LogP contribution in [0.4, 0.5) is 0 Å². The van der Waals surface area contributed by atoms with E-state index in [-0.39, 0.29) is 94.8 Å². The van der Waals surface area contributed by atoms with Crippen molar-refractivity contribution in [3.63, 3.8) is 0 Å². The quantitative estimate of drug-likeness (QED) is 0.0181. The molecule has 0 aromatic heterocycles. The average molecular weight is 1180 g/mol. The first-order chi connectivity index (χ1) is 38.7. The van der Waals surface area contributed by atoms with E-state index in [1.807, 2.05) is 40.9 Å². The van der Waals surface area contributed by atoms with Gasteiger partial charge in [0, 0.05) is 13.1 Å². The highest BCUT2D eigenvalue weighted by Gasteiger charge is 2.41. The molecular weight excluding hydrogens is 1080 g/mol. The van der Waals surface area contributed by atoms with Gasteiger partial charge in [-0.3, -0.25) is 48.1 Å². The predicted octanol–water partition coefficient (Wildman–Crippen LogP) is -1.88. The fraction of sp³-hybridized carbons (Fsp3) is 0.796. The van der Waals surface area contributed by atoms with Crippen molar-refractivity contribution in [2.24, 2.45) is 57.3 Å². The van der Waals surface area contributed by atoms with Gasteiger partial charge in [0.15, 0.2) is 5.96 Å². The number of hydrogen-bond acceptors (Lipinski definition) is 16. The first-order valence-corrected chi connectivity index (χ1v) is 30.3. The molecule has 0 bridgehead atoms. The number of nitrogens with two attached hydrogens (primary N) is 5. The number of rotatable bonds is 41. The van der Waals surface area contributed by atoms with Crippen LogP contribution in [0.25, 0.3) is 0 Å². The monoisotopic (exact) mass is 1180 g/mol. The number of aliphatic carboxylic acids is 1. The summed E-state index contributed by atoms with van der Waals surface area (Å²) in [6.45, 7) is 14.3. The summed E-state index contributed by atoms with van der Waals surface area (Å²) in [5, 5.41) is 41.2. The number of carboxylic acid groups (broad SMARTS) is 1. The molecule has 1 aliphatic heterocycles. The molecule has 470 valence electrons. The van der Waals surface area contributed by atoms with Crippen LogP contribution < -0.4 is 71.2 Å². The Bertz CT molecular complexity index is 2080. The van der Waals surface area contributed by atoms with Gasteiger partial charge in [-0.15, -0.1) is 0 Å². The van der Waals surface area contributed by atoms with Crippen molar-refractivity contribution in [2.75, 3.05) is 44.8 Å². The van der Waals surface area contributed by atoms with Gasteiger partial charge >= 0.3 is 5.97 Å². The number of amides is 9. The number of carboxylic acids is 1. The summed E-state index contributed by atoms with van der Waals surface area (Å²) in [5.41, 5.74) is 28.6. The van der Waals surface area contributed by atoms with Gasteiger partial charge in [0.1, 0.15) is 54.4 Å². The van der Waals surface area contributed by atoms with Gasteiger partial charge < -0.3 is 86.3 Å². The van der Waals surface area contributed by atoms with Gasteiger partial charge in [-0.1, -0.05) is 61.8 Å². The lowest BCUT2D eigenvalue weighted by atomic mass is 9.96. The maximum atomic E-state index is 14.4. The molecule has 1 heterocycles. The number of carbonyl (C=O) groups is 10. The summed E-state index contributed by atoms with van der Waals surface area (Å²) in [6, 6.07) is -11.9. The van der Waals surface area contributed by atoms with Gasteiger partial charge in [0.2, 0.25) is 53.2 Å². The van der Waals surface area contributed by atoms with Crippen molar-refractivity contribution in [2.45, 2.75) is 206 Å². The summed E-state index contributed by atoms with van der Waals surface area (Å²) in [4.78, 5) is 143. The van der Waals surface area contributed by atoms with Gasteiger partial charge in [-0.05, 0) is 132 Å². The highest BCUT2D eigenvalue weighted by atomic mass is 32.2. The van der Waals surface area contributed by atoms with Crippen molar-refractivity contribution in [1.29, 1.82) is 0 Å². The molecular formula is C54H101N15O12S. The minimum atomic E-state index is -1.52. The normalized spacial score (nSPS) is 16.9. The zero-order chi connectivity index (χ0) is 62.2. The molecule has 1 fully saturated rings.